The Morgan fingerprint density at radius 1 is 1.05 bits per heavy atom. The monoisotopic (exact) mass is 293 g/mol. The third kappa shape index (κ3) is 2.86. The zero-order valence-electron chi connectivity index (χ0n) is 12.5. The molecule has 112 valence electrons. The van der Waals surface area contributed by atoms with Gasteiger partial charge in [-0.2, -0.15) is 0 Å². The molecule has 0 aliphatic heterocycles. The second kappa shape index (κ2) is 6.43. The number of anilines is 1. The molecular formula is C18H19N3O. The van der Waals surface area contributed by atoms with Gasteiger partial charge in [0.05, 0.1) is 6.04 Å². The van der Waals surface area contributed by atoms with Gasteiger partial charge in [0.1, 0.15) is 17.1 Å². The molecule has 0 amide bonds. The van der Waals surface area contributed by atoms with Crippen LogP contribution in [-0.4, -0.2) is 15.1 Å². The summed E-state index contributed by atoms with van der Waals surface area (Å²) in [5.74, 6) is 1.06. The molecule has 22 heavy (non-hydrogen) atoms. The van der Waals surface area contributed by atoms with E-state index in [9.17, 15) is 5.11 Å². The first-order valence-corrected chi connectivity index (χ1v) is 7.53. The maximum atomic E-state index is 10.6. The lowest BCUT2D eigenvalue weighted by molar-refractivity contribution is 0.466. The van der Waals surface area contributed by atoms with Crippen molar-refractivity contribution in [3.8, 4) is 5.75 Å². The second-order valence-electron chi connectivity index (χ2n) is 5.28. The van der Waals surface area contributed by atoms with Gasteiger partial charge in [-0.3, -0.25) is 4.98 Å². The molecule has 4 heteroatoms. The van der Waals surface area contributed by atoms with E-state index >= 15 is 0 Å². The van der Waals surface area contributed by atoms with E-state index in [1.54, 1.807) is 12.4 Å². The third-order valence-corrected chi connectivity index (χ3v) is 3.72. The van der Waals surface area contributed by atoms with Gasteiger partial charge in [-0.15, -0.1) is 0 Å². The number of phenolic OH excluding ortho intramolecular Hbond substituents is 1. The van der Waals surface area contributed by atoms with Crippen molar-refractivity contribution in [2.24, 2.45) is 0 Å². The summed E-state index contributed by atoms with van der Waals surface area (Å²) in [6.07, 6.45) is 5.37. The topological polar surface area (TPSA) is 58.0 Å². The highest BCUT2D eigenvalue weighted by molar-refractivity contribution is 5.85. The van der Waals surface area contributed by atoms with Crippen molar-refractivity contribution in [1.29, 1.82) is 0 Å². The zero-order chi connectivity index (χ0) is 15.4. The molecule has 1 unspecified atom stereocenters. The van der Waals surface area contributed by atoms with Gasteiger partial charge in [0.2, 0.25) is 0 Å². The van der Waals surface area contributed by atoms with Crippen molar-refractivity contribution in [2.45, 2.75) is 25.8 Å². The number of aromatic nitrogens is 2. The average molecular weight is 293 g/mol. The van der Waals surface area contributed by atoms with E-state index in [1.165, 1.54) is 0 Å². The van der Waals surface area contributed by atoms with Gasteiger partial charge in [0.25, 0.3) is 0 Å². The summed E-state index contributed by atoms with van der Waals surface area (Å²) in [5, 5.41) is 14.9. The predicted octanol–water partition coefficient (Wildman–Crippen LogP) is 4.29. The zero-order valence-corrected chi connectivity index (χ0v) is 12.5. The average Bonchev–Trinajstić information content (AvgIpc) is 2.56. The summed E-state index contributed by atoms with van der Waals surface area (Å²) in [7, 11) is 0. The number of phenols is 1. The van der Waals surface area contributed by atoms with Crippen molar-refractivity contribution in [3.05, 3.63) is 60.4 Å². The standard InChI is InChI=1S/C18H19N3O/c1-2-6-15(21-16-8-3-4-11-19-16)14-10-9-13-7-5-12-20-17(13)18(14)22/h3-5,7-12,15,22H,2,6H2,1H3,(H,19,21). The Morgan fingerprint density at radius 2 is 1.91 bits per heavy atom. The fourth-order valence-electron chi connectivity index (χ4n) is 2.65. The first-order valence-electron chi connectivity index (χ1n) is 7.53. The minimum absolute atomic E-state index is 0.00584. The highest BCUT2D eigenvalue weighted by Gasteiger charge is 2.17. The van der Waals surface area contributed by atoms with Crippen LogP contribution in [0.1, 0.15) is 31.4 Å². The number of fused-ring (bicyclic) bond motifs is 1. The fourth-order valence-corrected chi connectivity index (χ4v) is 2.65. The van der Waals surface area contributed by atoms with E-state index in [1.807, 2.05) is 42.5 Å². The number of aromatic hydroxyl groups is 1. The molecule has 3 aromatic rings. The van der Waals surface area contributed by atoms with Gasteiger partial charge in [0, 0.05) is 23.3 Å². The summed E-state index contributed by atoms with van der Waals surface area (Å²) in [4.78, 5) is 8.61. The molecule has 0 fully saturated rings. The van der Waals surface area contributed by atoms with Gasteiger partial charge in [-0.05, 0) is 24.6 Å². The molecule has 0 radical (unpaired) electrons. The lowest BCUT2D eigenvalue weighted by Crippen LogP contribution is -2.12. The number of nitrogens with one attached hydrogen (secondary N) is 1. The van der Waals surface area contributed by atoms with Crippen LogP contribution in [0.3, 0.4) is 0 Å². The summed E-state index contributed by atoms with van der Waals surface area (Å²) in [6, 6.07) is 13.6. The molecule has 0 aliphatic carbocycles. The summed E-state index contributed by atoms with van der Waals surface area (Å²) in [5.41, 5.74) is 1.50. The van der Waals surface area contributed by atoms with Crippen molar-refractivity contribution < 1.29 is 5.11 Å². The van der Waals surface area contributed by atoms with Crippen LogP contribution in [-0.2, 0) is 0 Å². The third-order valence-electron chi connectivity index (χ3n) is 3.72. The van der Waals surface area contributed by atoms with Crippen LogP contribution in [0.2, 0.25) is 0 Å². The second-order valence-corrected chi connectivity index (χ2v) is 5.28. The Balaban J connectivity index is 1.99. The minimum Gasteiger partial charge on any atom is -0.505 e. The maximum absolute atomic E-state index is 10.6. The van der Waals surface area contributed by atoms with E-state index in [4.69, 9.17) is 0 Å². The number of hydrogen-bond acceptors (Lipinski definition) is 4. The first-order chi connectivity index (χ1) is 10.8. The molecule has 3 rings (SSSR count). The molecule has 0 spiro atoms. The normalized spacial score (nSPS) is 12.2. The molecule has 0 saturated heterocycles. The molecular weight excluding hydrogens is 274 g/mol. The van der Waals surface area contributed by atoms with Crippen LogP contribution in [0.5, 0.6) is 5.75 Å². The quantitative estimate of drug-likeness (QED) is 0.737. The highest BCUT2D eigenvalue weighted by Crippen LogP contribution is 2.34. The van der Waals surface area contributed by atoms with Gasteiger partial charge < -0.3 is 10.4 Å². The predicted molar refractivity (Wildman–Crippen MR) is 88.9 cm³/mol. The Hall–Kier alpha value is -2.62. The van der Waals surface area contributed by atoms with Gasteiger partial charge in [-0.25, -0.2) is 4.98 Å². The fraction of sp³-hybridized carbons (Fsp3) is 0.222. The molecule has 4 nitrogen and oxygen atoms in total. The molecule has 2 heterocycles. The van der Waals surface area contributed by atoms with Gasteiger partial charge >= 0.3 is 0 Å². The largest absolute Gasteiger partial charge is 0.505 e. The van der Waals surface area contributed by atoms with Crippen molar-refractivity contribution in [2.75, 3.05) is 5.32 Å². The van der Waals surface area contributed by atoms with Crippen LogP contribution in [0.4, 0.5) is 5.82 Å². The SMILES string of the molecule is CCCC(Nc1ccccn1)c1ccc2cccnc2c1O. The van der Waals surface area contributed by atoms with Crippen LogP contribution in [0.15, 0.2) is 54.9 Å². The van der Waals surface area contributed by atoms with Crippen LogP contribution >= 0.6 is 0 Å². The Morgan fingerprint density at radius 3 is 2.68 bits per heavy atom. The molecule has 0 bridgehead atoms. The number of nitrogens with zero attached hydrogens (tertiary/aromatic N) is 2. The number of pyridine rings is 2. The number of hydrogen-bond donors (Lipinski definition) is 2. The smallest absolute Gasteiger partial charge is 0.147 e. The molecule has 1 atom stereocenters. The van der Waals surface area contributed by atoms with E-state index in [0.717, 1.165) is 29.6 Å². The van der Waals surface area contributed by atoms with Crippen LogP contribution in [0.25, 0.3) is 10.9 Å². The van der Waals surface area contributed by atoms with Crippen molar-refractivity contribution in [3.63, 3.8) is 0 Å². The van der Waals surface area contributed by atoms with Crippen molar-refractivity contribution in [1.82, 2.24) is 9.97 Å². The lowest BCUT2D eigenvalue weighted by Gasteiger charge is -2.20. The molecule has 0 aliphatic rings. The summed E-state index contributed by atoms with van der Waals surface area (Å²) >= 11 is 0. The van der Waals surface area contributed by atoms with E-state index in [0.29, 0.717) is 5.52 Å². The van der Waals surface area contributed by atoms with Crippen LogP contribution < -0.4 is 5.32 Å². The molecule has 1 aromatic carbocycles. The van der Waals surface area contributed by atoms with Gasteiger partial charge in [-0.1, -0.05) is 37.6 Å². The van der Waals surface area contributed by atoms with E-state index < -0.39 is 0 Å². The van der Waals surface area contributed by atoms with E-state index in [-0.39, 0.29) is 11.8 Å². The van der Waals surface area contributed by atoms with Crippen molar-refractivity contribution >= 4 is 16.7 Å². The lowest BCUT2D eigenvalue weighted by atomic mass is 9.99. The summed E-state index contributed by atoms with van der Waals surface area (Å²) in [6.45, 7) is 2.13. The molecule has 2 N–H and O–H groups in total. The highest BCUT2D eigenvalue weighted by atomic mass is 16.3. The Bertz CT molecular complexity index is 759. The van der Waals surface area contributed by atoms with Crippen LogP contribution in [0, 0.1) is 0 Å². The number of rotatable bonds is 5. The maximum Gasteiger partial charge on any atom is 0.147 e. The molecule has 0 saturated carbocycles. The van der Waals surface area contributed by atoms with E-state index in [2.05, 4.69) is 22.2 Å². The Kier molecular flexibility index (Phi) is 4.19. The first kappa shape index (κ1) is 14.3. The molecule has 2 aromatic heterocycles. The Labute approximate surface area is 129 Å². The van der Waals surface area contributed by atoms with Gasteiger partial charge in [0.15, 0.2) is 0 Å². The minimum atomic E-state index is 0.00584. The number of benzene rings is 1. The summed E-state index contributed by atoms with van der Waals surface area (Å²) < 4.78 is 0.